The first-order valence-electron chi connectivity index (χ1n) is 10.4. The number of aryl methyl sites for hydroxylation is 2. The summed E-state index contributed by atoms with van der Waals surface area (Å²) in [6.07, 6.45) is -0.147. The van der Waals surface area contributed by atoms with E-state index in [1.54, 1.807) is 6.07 Å². The van der Waals surface area contributed by atoms with Crippen LogP contribution in [0.15, 0.2) is 78.9 Å². The molecule has 2 atom stereocenters. The van der Waals surface area contributed by atoms with Crippen LogP contribution < -0.4 is 5.32 Å². The van der Waals surface area contributed by atoms with Gasteiger partial charge in [0.25, 0.3) is 0 Å². The van der Waals surface area contributed by atoms with Gasteiger partial charge in [0, 0.05) is 12.1 Å². The van der Waals surface area contributed by atoms with Gasteiger partial charge in [0.05, 0.1) is 22.2 Å². The van der Waals surface area contributed by atoms with Crippen LogP contribution in [0.5, 0.6) is 0 Å². The average Bonchev–Trinajstić information content (AvgIpc) is 2.77. The average molecular weight is 450 g/mol. The third kappa shape index (κ3) is 5.04. The summed E-state index contributed by atoms with van der Waals surface area (Å²) >= 11 is 12.4. The highest BCUT2D eigenvalue weighted by molar-refractivity contribution is 6.42. The van der Waals surface area contributed by atoms with E-state index in [-0.39, 0.29) is 6.04 Å². The lowest BCUT2D eigenvalue weighted by molar-refractivity contribution is 0.161. The Morgan fingerprint density at radius 3 is 2.23 bits per heavy atom. The van der Waals surface area contributed by atoms with Gasteiger partial charge >= 0.3 is 0 Å². The van der Waals surface area contributed by atoms with E-state index in [4.69, 9.17) is 23.2 Å². The minimum absolute atomic E-state index is 0.140. The quantitative estimate of drug-likeness (QED) is 0.312. The second-order valence-corrected chi connectivity index (χ2v) is 8.84. The number of hydrogen-bond donors (Lipinski definition) is 2. The van der Waals surface area contributed by atoms with Crippen LogP contribution in [0, 0.1) is 13.8 Å². The Morgan fingerprint density at radius 2 is 1.48 bits per heavy atom. The zero-order valence-electron chi connectivity index (χ0n) is 17.6. The van der Waals surface area contributed by atoms with Crippen molar-refractivity contribution in [3.05, 3.63) is 111 Å². The van der Waals surface area contributed by atoms with E-state index in [9.17, 15) is 5.11 Å². The van der Waals surface area contributed by atoms with Gasteiger partial charge < -0.3 is 10.4 Å². The molecule has 0 aliphatic heterocycles. The molecule has 4 rings (SSSR count). The normalized spacial score (nSPS) is 13.2. The third-order valence-electron chi connectivity index (χ3n) is 5.81. The fraction of sp³-hybridized carbons (Fsp3) is 0.185. The molecule has 2 unspecified atom stereocenters. The number of hydrogen-bond acceptors (Lipinski definition) is 2. The molecule has 31 heavy (non-hydrogen) atoms. The van der Waals surface area contributed by atoms with Gasteiger partial charge in [-0.1, -0.05) is 71.7 Å². The van der Waals surface area contributed by atoms with Gasteiger partial charge in [-0.05, 0) is 77.2 Å². The highest BCUT2D eigenvalue weighted by Gasteiger charge is 2.19. The summed E-state index contributed by atoms with van der Waals surface area (Å²) in [5, 5.41) is 18.0. The first kappa shape index (κ1) is 21.7. The molecular weight excluding hydrogens is 425 g/mol. The van der Waals surface area contributed by atoms with Crippen molar-refractivity contribution in [1.82, 2.24) is 0 Å². The minimum Gasteiger partial charge on any atom is -0.388 e. The molecule has 4 heteroatoms. The van der Waals surface area contributed by atoms with Gasteiger partial charge in [-0.2, -0.15) is 0 Å². The molecule has 4 aromatic carbocycles. The Kier molecular flexibility index (Phi) is 6.52. The van der Waals surface area contributed by atoms with Crippen molar-refractivity contribution in [2.24, 2.45) is 0 Å². The standard InChI is InChI=1S/C27H25Cl2NO/c1-17-7-11-23(13-18(17)2)30-26(21-10-12-24(28)25(29)15-21)16-27(31)22-9-8-19-5-3-4-6-20(19)14-22/h3-15,26-27,30-31H,16H2,1-2H3. The van der Waals surface area contributed by atoms with Gasteiger partial charge in [-0.15, -0.1) is 0 Å². The Labute approximate surface area is 193 Å². The highest BCUT2D eigenvalue weighted by atomic mass is 35.5. The fourth-order valence-corrected chi connectivity index (χ4v) is 4.12. The van der Waals surface area contributed by atoms with Crippen molar-refractivity contribution < 1.29 is 5.11 Å². The van der Waals surface area contributed by atoms with Gasteiger partial charge in [-0.25, -0.2) is 0 Å². The summed E-state index contributed by atoms with van der Waals surface area (Å²) in [4.78, 5) is 0. The summed E-state index contributed by atoms with van der Waals surface area (Å²) in [5.41, 5.74) is 5.34. The van der Waals surface area contributed by atoms with Crippen molar-refractivity contribution in [3.8, 4) is 0 Å². The molecule has 2 nitrogen and oxygen atoms in total. The lowest BCUT2D eigenvalue weighted by atomic mass is 9.95. The number of fused-ring (bicyclic) bond motifs is 1. The number of aliphatic hydroxyl groups is 1. The first-order chi connectivity index (χ1) is 14.9. The zero-order valence-corrected chi connectivity index (χ0v) is 19.1. The van der Waals surface area contributed by atoms with Gasteiger partial charge in [0.15, 0.2) is 0 Å². The molecule has 0 fully saturated rings. The van der Waals surface area contributed by atoms with Gasteiger partial charge in [0.1, 0.15) is 0 Å². The van der Waals surface area contributed by atoms with Crippen LogP contribution in [0.4, 0.5) is 5.69 Å². The second-order valence-electron chi connectivity index (χ2n) is 8.03. The number of nitrogens with one attached hydrogen (secondary N) is 1. The summed E-state index contributed by atoms with van der Waals surface area (Å²) in [5.74, 6) is 0. The molecule has 158 valence electrons. The molecule has 0 radical (unpaired) electrons. The smallest absolute Gasteiger partial charge is 0.0813 e. The van der Waals surface area contributed by atoms with E-state index in [2.05, 4.69) is 61.6 Å². The number of rotatable bonds is 6. The zero-order chi connectivity index (χ0) is 22.0. The maximum absolute atomic E-state index is 11.1. The SMILES string of the molecule is Cc1ccc(NC(CC(O)c2ccc3ccccc3c2)c2ccc(Cl)c(Cl)c2)cc1C. The molecule has 0 saturated carbocycles. The number of benzene rings is 4. The topological polar surface area (TPSA) is 32.3 Å². The molecular formula is C27H25Cl2NO. The molecule has 2 N–H and O–H groups in total. The minimum atomic E-state index is -0.636. The van der Waals surface area contributed by atoms with E-state index in [1.165, 1.54) is 11.1 Å². The van der Waals surface area contributed by atoms with E-state index in [0.717, 1.165) is 27.6 Å². The molecule has 0 bridgehead atoms. The first-order valence-corrected chi connectivity index (χ1v) is 11.1. The summed E-state index contributed by atoms with van der Waals surface area (Å²) in [6.45, 7) is 4.19. The van der Waals surface area contributed by atoms with Crippen LogP contribution in [-0.2, 0) is 0 Å². The Balaban J connectivity index is 1.64. The number of aliphatic hydroxyl groups excluding tert-OH is 1. The molecule has 0 aliphatic carbocycles. The maximum Gasteiger partial charge on any atom is 0.0813 e. The van der Waals surface area contributed by atoms with E-state index in [0.29, 0.717) is 16.5 Å². The summed E-state index contributed by atoms with van der Waals surface area (Å²) in [6, 6.07) is 26.1. The van der Waals surface area contributed by atoms with Crippen LogP contribution in [0.1, 0.15) is 40.8 Å². The third-order valence-corrected chi connectivity index (χ3v) is 6.55. The van der Waals surface area contributed by atoms with Gasteiger partial charge in [0.2, 0.25) is 0 Å². The van der Waals surface area contributed by atoms with Crippen molar-refractivity contribution >= 4 is 39.7 Å². The molecule has 0 heterocycles. The summed E-state index contributed by atoms with van der Waals surface area (Å²) in [7, 11) is 0. The number of anilines is 1. The van der Waals surface area contributed by atoms with Crippen molar-refractivity contribution in [1.29, 1.82) is 0 Å². The Hall–Kier alpha value is -2.52. The molecule has 0 amide bonds. The van der Waals surface area contributed by atoms with Gasteiger partial charge in [-0.3, -0.25) is 0 Å². The molecule has 4 aromatic rings. The predicted molar refractivity (Wildman–Crippen MR) is 132 cm³/mol. The monoisotopic (exact) mass is 449 g/mol. The van der Waals surface area contributed by atoms with E-state index >= 15 is 0 Å². The molecule has 0 aromatic heterocycles. The second kappa shape index (κ2) is 9.32. The molecule has 0 aliphatic rings. The van der Waals surface area contributed by atoms with Crippen LogP contribution in [0.25, 0.3) is 10.8 Å². The lowest BCUT2D eigenvalue weighted by Crippen LogP contribution is -2.15. The Morgan fingerprint density at radius 1 is 0.742 bits per heavy atom. The van der Waals surface area contributed by atoms with E-state index in [1.807, 2.05) is 30.3 Å². The largest absolute Gasteiger partial charge is 0.388 e. The van der Waals surface area contributed by atoms with Crippen molar-refractivity contribution in [2.75, 3.05) is 5.32 Å². The molecule has 0 spiro atoms. The van der Waals surface area contributed by atoms with Crippen LogP contribution in [-0.4, -0.2) is 5.11 Å². The van der Waals surface area contributed by atoms with Crippen LogP contribution >= 0.6 is 23.2 Å². The van der Waals surface area contributed by atoms with E-state index < -0.39 is 6.10 Å². The lowest BCUT2D eigenvalue weighted by Gasteiger charge is -2.24. The maximum atomic E-state index is 11.1. The number of halogens is 2. The molecule has 0 saturated heterocycles. The summed E-state index contributed by atoms with van der Waals surface area (Å²) < 4.78 is 0. The fourth-order valence-electron chi connectivity index (χ4n) is 3.81. The predicted octanol–water partition coefficient (Wildman–Crippen LogP) is 8.04. The van der Waals surface area contributed by atoms with Crippen LogP contribution in [0.2, 0.25) is 10.0 Å². The van der Waals surface area contributed by atoms with Crippen molar-refractivity contribution in [3.63, 3.8) is 0 Å². The van der Waals surface area contributed by atoms with Crippen molar-refractivity contribution in [2.45, 2.75) is 32.4 Å². The van der Waals surface area contributed by atoms with Crippen LogP contribution in [0.3, 0.4) is 0 Å². The highest BCUT2D eigenvalue weighted by Crippen LogP contribution is 2.34. The Bertz CT molecular complexity index is 1220.